The molecule has 1 aliphatic heterocycles. The van der Waals surface area contributed by atoms with Gasteiger partial charge in [-0.25, -0.2) is 9.78 Å². The van der Waals surface area contributed by atoms with E-state index in [1.807, 2.05) is 4.90 Å². The molecule has 1 fully saturated rings. The van der Waals surface area contributed by atoms with Gasteiger partial charge in [0.05, 0.1) is 12.7 Å². The average molecular weight is 479 g/mol. The highest BCUT2D eigenvalue weighted by Gasteiger charge is 2.38. The Bertz CT molecular complexity index is 1010. The summed E-state index contributed by atoms with van der Waals surface area (Å²) in [5, 5.41) is 7.12. The van der Waals surface area contributed by atoms with Gasteiger partial charge in [0.25, 0.3) is 0 Å². The van der Waals surface area contributed by atoms with Gasteiger partial charge in [0.2, 0.25) is 5.91 Å². The van der Waals surface area contributed by atoms with Crippen LogP contribution in [0.2, 0.25) is 0 Å². The minimum Gasteiger partial charge on any atom is -0.475 e. The highest BCUT2D eigenvalue weighted by atomic mass is 19.4. The number of aromatic amines is 1. The Kier molecular flexibility index (Phi) is 8.36. The van der Waals surface area contributed by atoms with Crippen molar-refractivity contribution < 1.29 is 27.9 Å². The van der Waals surface area contributed by atoms with E-state index in [0.717, 1.165) is 50.2 Å². The van der Waals surface area contributed by atoms with Gasteiger partial charge in [-0.2, -0.15) is 13.2 Å². The van der Waals surface area contributed by atoms with E-state index in [0.29, 0.717) is 12.3 Å². The van der Waals surface area contributed by atoms with Crippen molar-refractivity contribution in [2.45, 2.75) is 57.0 Å². The maximum absolute atomic E-state index is 12.5. The smallest absolute Gasteiger partial charge is 0.475 e. The summed E-state index contributed by atoms with van der Waals surface area (Å²) in [6.45, 7) is 1.64. The number of piperidine rings is 1. The van der Waals surface area contributed by atoms with Gasteiger partial charge in [0.15, 0.2) is 0 Å². The monoisotopic (exact) mass is 478 g/mol. The van der Waals surface area contributed by atoms with Crippen LogP contribution in [0.3, 0.4) is 0 Å². The maximum atomic E-state index is 12.5. The number of anilines is 1. The first-order valence-electron chi connectivity index (χ1n) is 11.3. The van der Waals surface area contributed by atoms with Gasteiger partial charge in [-0.05, 0) is 67.7 Å². The highest BCUT2D eigenvalue weighted by Crippen LogP contribution is 2.35. The Balaban J connectivity index is 0.000000406. The van der Waals surface area contributed by atoms with E-state index in [9.17, 15) is 18.0 Å². The molecule has 0 saturated carbocycles. The fourth-order valence-corrected chi connectivity index (χ4v) is 4.31. The Morgan fingerprint density at radius 1 is 1.21 bits per heavy atom. The van der Waals surface area contributed by atoms with Crippen LogP contribution >= 0.6 is 0 Å². The zero-order valence-electron chi connectivity index (χ0n) is 18.8. The number of nitrogens with two attached hydrogens (primary N) is 1. The number of nitrogens with one attached hydrogen (secondary N) is 1. The van der Waals surface area contributed by atoms with Crippen LogP contribution in [-0.4, -0.2) is 51.1 Å². The summed E-state index contributed by atoms with van der Waals surface area (Å²) in [7, 11) is 0. The molecule has 0 atom stereocenters. The van der Waals surface area contributed by atoms with Crippen molar-refractivity contribution in [2.75, 3.05) is 18.8 Å². The van der Waals surface area contributed by atoms with Crippen molar-refractivity contribution in [1.82, 2.24) is 14.9 Å². The van der Waals surface area contributed by atoms with Crippen molar-refractivity contribution in [1.29, 1.82) is 0 Å². The number of rotatable bonds is 4. The number of nitrogens with zero attached hydrogens (tertiary/aromatic N) is 2. The lowest BCUT2D eigenvalue weighted by Crippen LogP contribution is -2.38. The van der Waals surface area contributed by atoms with Crippen LogP contribution in [0.5, 0.6) is 0 Å². The topological polar surface area (TPSA) is 112 Å². The zero-order chi connectivity index (χ0) is 24.7. The second kappa shape index (κ2) is 11.2. The summed E-state index contributed by atoms with van der Waals surface area (Å²) in [5.41, 5.74) is 12.0. The van der Waals surface area contributed by atoms with E-state index >= 15 is 0 Å². The van der Waals surface area contributed by atoms with E-state index in [-0.39, 0.29) is 5.91 Å². The van der Waals surface area contributed by atoms with E-state index in [1.54, 1.807) is 12.5 Å². The third kappa shape index (κ3) is 6.85. The number of amides is 1. The number of carboxylic acids is 1. The van der Waals surface area contributed by atoms with Crippen LogP contribution < -0.4 is 5.73 Å². The molecule has 1 aromatic carbocycles. The first kappa shape index (κ1) is 25.3. The summed E-state index contributed by atoms with van der Waals surface area (Å²) in [5.74, 6) is -2.07. The van der Waals surface area contributed by atoms with Gasteiger partial charge in [-0.1, -0.05) is 12.1 Å². The van der Waals surface area contributed by atoms with Gasteiger partial charge in [0, 0.05) is 36.2 Å². The molecular weight excluding hydrogens is 449 g/mol. The molecule has 4 rings (SSSR count). The minimum absolute atomic E-state index is 0.183. The molecule has 34 heavy (non-hydrogen) atoms. The van der Waals surface area contributed by atoms with Gasteiger partial charge < -0.3 is 20.7 Å². The molecule has 2 heterocycles. The fraction of sp³-hybridized carbons (Fsp3) is 0.458. The van der Waals surface area contributed by atoms with Crippen LogP contribution in [0.15, 0.2) is 36.8 Å². The van der Waals surface area contributed by atoms with Crippen LogP contribution in [0, 0.1) is 0 Å². The molecule has 1 amide bonds. The number of imidazole rings is 1. The second-order valence-electron chi connectivity index (χ2n) is 8.53. The molecule has 2 aliphatic rings. The maximum Gasteiger partial charge on any atom is 0.490 e. The number of carbonyl (C=O) groups is 2. The molecule has 2 aromatic rings. The minimum atomic E-state index is -5.08. The number of H-pyrrole nitrogens is 1. The van der Waals surface area contributed by atoms with Crippen LogP contribution in [-0.2, 0) is 16.0 Å². The molecule has 1 aliphatic carbocycles. The molecule has 0 bridgehead atoms. The summed E-state index contributed by atoms with van der Waals surface area (Å²) in [6.07, 6.45) is 7.88. The zero-order valence-corrected chi connectivity index (χ0v) is 18.8. The molecule has 184 valence electrons. The second-order valence-corrected chi connectivity index (χ2v) is 8.53. The number of alkyl halides is 3. The van der Waals surface area contributed by atoms with Gasteiger partial charge >= 0.3 is 12.1 Å². The number of aliphatic carboxylic acids is 1. The number of aromatic nitrogens is 2. The number of carbonyl (C=O) groups excluding carboxylic acids is 1. The van der Waals surface area contributed by atoms with E-state index in [1.165, 1.54) is 29.5 Å². The van der Waals surface area contributed by atoms with E-state index in [4.69, 9.17) is 15.6 Å². The van der Waals surface area contributed by atoms with Crippen LogP contribution in [0.25, 0.3) is 5.57 Å². The van der Waals surface area contributed by atoms with Crippen LogP contribution in [0.1, 0.15) is 61.3 Å². The number of benzene rings is 1. The van der Waals surface area contributed by atoms with Gasteiger partial charge in [-0.3, -0.25) is 4.79 Å². The van der Waals surface area contributed by atoms with Crippen LogP contribution in [0.4, 0.5) is 18.9 Å². The number of hydrogen-bond donors (Lipinski definition) is 3. The Morgan fingerprint density at radius 2 is 1.91 bits per heavy atom. The lowest BCUT2D eigenvalue weighted by Gasteiger charge is -2.32. The summed E-state index contributed by atoms with van der Waals surface area (Å²) >= 11 is 0. The molecule has 10 heteroatoms. The lowest BCUT2D eigenvalue weighted by atomic mass is 9.85. The van der Waals surface area contributed by atoms with Crippen molar-refractivity contribution >= 4 is 23.1 Å². The summed E-state index contributed by atoms with van der Waals surface area (Å²) in [6, 6.07) is 6.55. The van der Waals surface area contributed by atoms with E-state index < -0.39 is 12.1 Å². The normalized spacial score (nSPS) is 16.9. The lowest BCUT2D eigenvalue weighted by molar-refractivity contribution is -0.192. The molecule has 0 unspecified atom stereocenters. The van der Waals surface area contributed by atoms with E-state index in [2.05, 4.69) is 34.2 Å². The standard InChI is InChI=1S/C22H28N4O.C2HF3O2/c23-21-7-6-18(12-20(21)17-4-2-1-3-5-17)16-8-10-26(11-9-16)22(27)13-19-14-24-15-25-19;3-2(4,5)1(6)7/h4,6-7,12,14-16H,1-3,5,8-11,13,23H2,(H,24,25);(H,6,7). The molecule has 4 N–H and O–H groups in total. The van der Waals surface area contributed by atoms with Crippen molar-refractivity contribution in [3.8, 4) is 0 Å². The van der Waals surface area contributed by atoms with Gasteiger partial charge in [-0.15, -0.1) is 0 Å². The summed E-state index contributed by atoms with van der Waals surface area (Å²) in [4.78, 5) is 30.3. The number of halogens is 3. The summed E-state index contributed by atoms with van der Waals surface area (Å²) < 4.78 is 31.7. The predicted octanol–water partition coefficient (Wildman–Crippen LogP) is 4.53. The first-order valence-corrected chi connectivity index (χ1v) is 11.3. The number of allylic oxidation sites excluding steroid dienone is 2. The molecule has 0 spiro atoms. The number of carboxylic acid groups (broad SMARTS) is 1. The molecule has 1 aromatic heterocycles. The third-order valence-corrected chi connectivity index (χ3v) is 6.17. The Morgan fingerprint density at radius 3 is 2.47 bits per heavy atom. The first-order chi connectivity index (χ1) is 16.1. The largest absolute Gasteiger partial charge is 0.490 e. The molecule has 0 radical (unpaired) electrons. The van der Waals surface area contributed by atoms with Crippen molar-refractivity contribution in [3.05, 3.63) is 53.6 Å². The number of nitrogen functional groups attached to an aromatic ring is 1. The quantitative estimate of drug-likeness (QED) is 0.559. The third-order valence-electron chi connectivity index (χ3n) is 6.17. The fourth-order valence-electron chi connectivity index (χ4n) is 4.31. The molecule has 1 saturated heterocycles. The number of likely N-dealkylation sites (tertiary alicyclic amines) is 1. The van der Waals surface area contributed by atoms with Crippen molar-refractivity contribution in [3.63, 3.8) is 0 Å². The van der Waals surface area contributed by atoms with Crippen molar-refractivity contribution in [2.24, 2.45) is 0 Å². The Labute approximate surface area is 195 Å². The molecular formula is C24H29F3N4O3. The average Bonchev–Trinajstić information content (AvgIpc) is 3.33. The Hall–Kier alpha value is -3.30. The highest BCUT2D eigenvalue weighted by molar-refractivity contribution is 5.78. The van der Waals surface area contributed by atoms with Gasteiger partial charge in [0.1, 0.15) is 0 Å². The predicted molar refractivity (Wildman–Crippen MR) is 122 cm³/mol. The number of hydrogen-bond acceptors (Lipinski definition) is 4. The molecule has 7 nitrogen and oxygen atoms in total. The SMILES string of the molecule is Nc1ccc(C2CCN(C(=O)Cc3cnc[nH]3)CC2)cc1C1=CCCCC1.O=C(O)C(F)(F)F.